The minimum absolute atomic E-state index is 0.509. The normalized spacial score (nSPS) is 11.9. The van der Waals surface area contributed by atoms with E-state index in [0.29, 0.717) is 5.56 Å². The van der Waals surface area contributed by atoms with E-state index in [0.717, 1.165) is 5.56 Å². The minimum Gasteiger partial charge on any atom is -0.467 e. The number of hydrogen-bond acceptors (Lipinski definition) is 3. The molecule has 74 valence electrons. The van der Waals surface area contributed by atoms with Crippen LogP contribution in [0.15, 0.2) is 30.8 Å². The molecule has 14 heavy (non-hydrogen) atoms. The lowest BCUT2D eigenvalue weighted by atomic mass is 10.1. The fourth-order valence-corrected chi connectivity index (χ4v) is 1.10. The van der Waals surface area contributed by atoms with Crippen LogP contribution in [0.4, 0.5) is 0 Å². The Balaban J connectivity index is 2.94. The first-order chi connectivity index (χ1) is 6.69. The molecule has 1 rings (SSSR count). The topological polar surface area (TPSA) is 46.5 Å². The van der Waals surface area contributed by atoms with E-state index in [9.17, 15) is 9.90 Å². The van der Waals surface area contributed by atoms with Crippen LogP contribution in [0, 0.1) is 0 Å². The Bertz CT molecular complexity index is 344. The van der Waals surface area contributed by atoms with Crippen LogP contribution in [0.2, 0.25) is 0 Å². The number of hydrogen-bond donors (Lipinski definition) is 1. The van der Waals surface area contributed by atoms with Crippen LogP contribution in [-0.4, -0.2) is 18.2 Å². The van der Waals surface area contributed by atoms with Crippen LogP contribution in [0.1, 0.15) is 17.2 Å². The van der Waals surface area contributed by atoms with Crippen molar-refractivity contribution in [1.29, 1.82) is 0 Å². The predicted octanol–water partition coefficient (Wildman–Crippen LogP) is 1.54. The SMILES string of the molecule is C=Cc1cccc(C(O)C(=O)OC)c1. The summed E-state index contributed by atoms with van der Waals surface area (Å²) in [4.78, 5) is 11.0. The third-order valence-corrected chi connectivity index (χ3v) is 1.89. The number of benzene rings is 1. The molecule has 1 unspecified atom stereocenters. The number of aliphatic hydroxyl groups is 1. The van der Waals surface area contributed by atoms with Crippen LogP contribution >= 0.6 is 0 Å². The summed E-state index contributed by atoms with van der Waals surface area (Å²) in [5.41, 5.74) is 1.36. The molecule has 0 spiro atoms. The van der Waals surface area contributed by atoms with E-state index >= 15 is 0 Å². The maximum Gasteiger partial charge on any atom is 0.339 e. The Labute approximate surface area is 82.6 Å². The summed E-state index contributed by atoms with van der Waals surface area (Å²) in [6, 6.07) is 6.93. The number of ether oxygens (including phenoxy) is 1. The van der Waals surface area contributed by atoms with Gasteiger partial charge in [-0.25, -0.2) is 4.79 Å². The number of carbonyl (C=O) groups excluding carboxylic acids is 1. The highest BCUT2D eigenvalue weighted by Gasteiger charge is 2.17. The fraction of sp³-hybridized carbons (Fsp3) is 0.182. The van der Waals surface area contributed by atoms with Crippen LogP contribution in [0.3, 0.4) is 0 Å². The Morgan fingerprint density at radius 3 is 2.93 bits per heavy atom. The van der Waals surface area contributed by atoms with Crippen molar-refractivity contribution in [2.45, 2.75) is 6.10 Å². The minimum atomic E-state index is -1.22. The molecule has 1 atom stereocenters. The van der Waals surface area contributed by atoms with E-state index in [4.69, 9.17) is 0 Å². The van der Waals surface area contributed by atoms with Crippen molar-refractivity contribution >= 4 is 12.0 Å². The number of aliphatic hydroxyl groups excluding tert-OH is 1. The summed E-state index contributed by atoms with van der Waals surface area (Å²) >= 11 is 0. The van der Waals surface area contributed by atoms with Gasteiger partial charge in [-0.3, -0.25) is 0 Å². The van der Waals surface area contributed by atoms with Crippen molar-refractivity contribution < 1.29 is 14.6 Å². The average molecular weight is 192 g/mol. The molecule has 0 aliphatic heterocycles. The van der Waals surface area contributed by atoms with Gasteiger partial charge in [0.1, 0.15) is 0 Å². The van der Waals surface area contributed by atoms with Gasteiger partial charge in [0.25, 0.3) is 0 Å². The fourth-order valence-electron chi connectivity index (χ4n) is 1.10. The second-order valence-electron chi connectivity index (χ2n) is 2.80. The molecule has 0 aliphatic carbocycles. The van der Waals surface area contributed by atoms with Crippen LogP contribution in [-0.2, 0) is 9.53 Å². The van der Waals surface area contributed by atoms with E-state index in [2.05, 4.69) is 11.3 Å². The average Bonchev–Trinajstić information content (AvgIpc) is 2.27. The lowest BCUT2D eigenvalue weighted by Crippen LogP contribution is -2.13. The highest BCUT2D eigenvalue weighted by molar-refractivity contribution is 5.76. The van der Waals surface area contributed by atoms with Crippen molar-refractivity contribution in [3.8, 4) is 0 Å². The second-order valence-corrected chi connectivity index (χ2v) is 2.80. The summed E-state index contributed by atoms with van der Waals surface area (Å²) in [6.45, 7) is 3.60. The number of methoxy groups -OCH3 is 1. The van der Waals surface area contributed by atoms with Gasteiger partial charge < -0.3 is 9.84 Å². The number of carbonyl (C=O) groups is 1. The van der Waals surface area contributed by atoms with E-state index in [1.807, 2.05) is 6.07 Å². The smallest absolute Gasteiger partial charge is 0.339 e. The van der Waals surface area contributed by atoms with Crippen molar-refractivity contribution in [2.24, 2.45) is 0 Å². The molecule has 1 N–H and O–H groups in total. The van der Waals surface area contributed by atoms with Gasteiger partial charge in [0.15, 0.2) is 6.10 Å². The molecule has 0 saturated carbocycles. The highest BCUT2D eigenvalue weighted by Crippen LogP contribution is 2.16. The van der Waals surface area contributed by atoms with E-state index < -0.39 is 12.1 Å². The molecule has 0 aliphatic rings. The largest absolute Gasteiger partial charge is 0.467 e. The van der Waals surface area contributed by atoms with Gasteiger partial charge in [-0.2, -0.15) is 0 Å². The first kappa shape index (κ1) is 10.5. The van der Waals surface area contributed by atoms with Crippen LogP contribution in [0.25, 0.3) is 6.08 Å². The molecule has 0 radical (unpaired) electrons. The molecule has 1 aromatic carbocycles. The molecule has 3 heteroatoms. The van der Waals surface area contributed by atoms with Crippen molar-refractivity contribution in [3.05, 3.63) is 42.0 Å². The lowest BCUT2D eigenvalue weighted by Gasteiger charge is -2.08. The van der Waals surface area contributed by atoms with Crippen molar-refractivity contribution in [2.75, 3.05) is 7.11 Å². The highest BCUT2D eigenvalue weighted by atomic mass is 16.5. The molecular formula is C11H12O3. The zero-order valence-electron chi connectivity index (χ0n) is 7.93. The van der Waals surface area contributed by atoms with Crippen molar-refractivity contribution in [3.63, 3.8) is 0 Å². The molecule has 0 fully saturated rings. The predicted molar refractivity (Wildman–Crippen MR) is 53.5 cm³/mol. The lowest BCUT2D eigenvalue weighted by molar-refractivity contribution is -0.150. The molecule has 1 aromatic rings. The van der Waals surface area contributed by atoms with Gasteiger partial charge >= 0.3 is 5.97 Å². The molecule has 0 bridgehead atoms. The first-order valence-corrected chi connectivity index (χ1v) is 4.17. The third kappa shape index (κ3) is 2.20. The maximum atomic E-state index is 11.0. The van der Waals surface area contributed by atoms with Gasteiger partial charge in [-0.1, -0.05) is 30.9 Å². The number of esters is 1. The molecule has 0 aromatic heterocycles. The second kappa shape index (κ2) is 4.58. The van der Waals surface area contributed by atoms with Gasteiger partial charge in [0.05, 0.1) is 7.11 Å². The molecule has 3 nitrogen and oxygen atoms in total. The quantitative estimate of drug-likeness (QED) is 0.739. The van der Waals surface area contributed by atoms with Gasteiger partial charge in [0.2, 0.25) is 0 Å². The Kier molecular flexibility index (Phi) is 3.42. The third-order valence-electron chi connectivity index (χ3n) is 1.89. The first-order valence-electron chi connectivity index (χ1n) is 4.17. The van der Waals surface area contributed by atoms with Gasteiger partial charge in [0, 0.05) is 0 Å². The molecular weight excluding hydrogens is 180 g/mol. The van der Waals surface area contributed by atoms with Crippen LogP contribution in [0.5, 0.6) is 0 Å². The summed E-state index contributed by atoms with van der Waals surface area (Å²) in [5, 5.41) is 9.50. The summed E-state index contributed by atoms with van der Waals surface area (Å²) in [5.74, 6) is -0.661. The molecule has 0 heterocycles. The Morgan fingerprint density at radius 1 is 1.64 bits per heavy atom. The van der Waals surface area contributed by atoms with E-state index in [1.54, 1.807) is 24.3 Å². The van der Waals surface area contributed by atoms with E-state index in [-0.39, 0.29) is 0 Å². The van der Waals surface area contributed by atoms with Crippen molar-refractivity contribution in [1.82, 2.24) is 0 Å². The van der Waals surface area contributed by atoms with Crippen LogP contribution < -0.4 is 0 Å². The van der Waals surface area contributed by atoms with Gasteiger partial charge in [-0.15, -0.1) is 0 Å². The maximum absolute atomic E-state index is 11.0. The Morgan fingerprint density at radius 2 is 2.36 bits per heavy atom. The van der Waals surface area contributed by atoms with E-state index in [1.165, 1.54) is 7.11 Å². The summed E-state index contributed by atoms with van der Waals surface area (Å²) in [7, 11) is 1.24. The number of rotatable bonds is 3. The summed E-state index contributed by atoms with van der Waals surface area (Å²) < 4.78 is 4.43. The zero-order valence-corrected chi connectivity index (χ0v) is 7.93. The Hall–Kier alpha value is -1.61. The standard InChI is InChI=1S/C11H12O3/c1-3-8-5-4-6-9(7-8)10(12)11(13)14-2/h3-7,10,12H,1H2,2H3. The summed E-state index contributed by atoms with van der Waals surface area (Å²) in [6.07, 6.45) is 0.424. The monoisotopic (exact) mass is 192 g/mol. The molecule has 0 amide bonds. The molecule has 0 saturated heterocycles. The van der Waals surface area contributed by atoms with Gasteiger partial charge in [-0.05, 0) is 17.2 Å². The zero-order chi connectivity index (χ0) is 10.6.